The van der Waals surface area contributed by atoms with Crippen LogP contribution in [0, 0.1) is 5.92 Å². The Labute approximate surface area is 144 Å². The molecule has 25 heavy (non-hydrogen) atoms. The van der Waals surface area contributed by atoms with Crippen LogP contribution in [0.5, 0.6) is 0 Å². The van der Waals surface area contributed by atoms with Gasteiger partial charge in [0.05, 0.1) is 5.69 Å². The molecule has 4 rings (SSSR count). The Kier molecular flexibility index (Phi) is 3.95. The number of aromatic nitrogens is 4. The van der Waals surface area contributed by atoms with Crippen LogP contribution in [0.1, 0.15) is 42.5 Å². The summed E-state index contributed by atoms with van der Waals surface area (Å²) in [5.74, 6) is -0.849. The predicted molar refractivity (Wildman–Crippen MR) is 87.1 cm³/mol. The molecule has 8 nitrogen and oxygen atoms in total. The molecule has 1 aliphatic heterocycles. The Morgan fingerprint density at radius 3 is 2.80 bits per heavy atom. The molecule has 1 aromatic heterocycles. The maximum Gasteiger partial charge on any atom is 0.326 e. The van der Waals surface area contributed by atoms with Crippen LogP contribution in [-0.2, 0) is 4.79 Å². The zero-order chi connectivity index (χ0) is 17.4. The quantitative estimate of drug-likeness (QED) is 0.908. The van der Waals surface area contributed by atoms with E-state index in [0.29, 0.717) is 23.6 Å². The van der Waals surface area contributed by atoms with E-state index >= 15 is 0 Å². The lowest BCUT2D eigenvalue weighted by Gasteiger charge is -2.33. The number of fused-ring (bicyclic) bond motifs is 1. The number of carbonyl (C=O) groups is 2. The molecule has 2 heterocycles. The molecule has 1 aromatic carbocycles. The minimum absolute atomic E-state index is 0.0269. The maximum atomic E-state index is 13.1. The summed E-state index contributed by atoms with van der Waals surface area (Å²) in [7, 11) is 0. The molecular formula is C17H19N5O3. The molecule has 1 saturated carbocycles. The Morgan fingerprint density at radius 1 is 1.20 bits per heavy atom. The summed E-state index contributed by atoms with van der Waals surface area (Å²) < 4.78 is 1.47. The fraction of sp³-hybridized carbons (Fsp3) is 0.471. The van der Waals surface area contributed by atoms with Crippen LogP contribution in [0.2, 0.25) is 0 Å². The highest BCUT2D eigenvalue weighted by molar-refractivity contribution is 5.97. The first-order valence-electron chi connectivity index (χ1n) is 8.54. The summed E-state index contributed by atoms with van der Waals surface area (Å²) in [6, 6.07) is 6.26. The third-order valence-electron chi connectivity index (χ3n) is 5.31. The Bertz CT molecular complexity index is 791. The second-order valence-corrected chi connectivity index (χ2v) is 6.72. The van der Waals surface area contributed by atoms with Gasteiger partial charge in [-0.3, -0.25) is 4.79 Å². The van der Waals surface area contributed by atoms with Crippen molar-refractivity contribution in [2.24, 2.45) is 5.92 Å². The molecule has 2 aromatic rings. The third kappa shape index (κ3) is 2.77. The summed E-state index contributed by atoms with van der Waals surface area (Å²) in [6.45, 7) is 0. The molecular weight excluding hydrogens is 322 g/mol. The molecule has 1 amide bonds. The molecule has 1 aliphatic carbocycles. The minimum atomic E-state index is -0.917. The van der Waals surface area contributed by atoms with Gasteiger partial charge in [0.25, 0.3) is 5.91 Å². The van der Waals surface area contributed by atoms with Gasteiger partial charge < -0.3 is 10.0 Å². The van der Waals surface area contributed by atoms with E-state index in [2.05, 4.69) is 15.5 Å². The third-order valence-corrected chi connectivity index (χ3v) is 5.31. The fourth-order valence-electron chi connectivity index (χ4n) is 4.18. The van der Waals surface area contributed by atoms with Gasteiger partial charge in [0.2, 0.25) is 0 Å². The van der Waals surface area contributed by atoms with Gasteiger partial charge in [-0.05, 0) is 53.8 Å². The van der Waals surface area contributed by atoms with E-state index in [1.807, 2.05) is 0 Å². The zero-order valence-electron chi connectivity index (χ0n) is 13.7. The van der Waals surface area contributed by atoms with Gasteiger partial charge in [-0.2, -0.15) is 0 Å². The van der Waals surface area contributed by atoms with Crippen molar-refractivity contribution in [2.75, 3.05) is 0 Å². The van der Waals surface area contributed by atoms with Crippen molar-refractivity contribution in [2.45, 2.75) is 44.2 Å². The molecule has 0 bridgehead atoms. The highest BCUT2D eigenvalue weighted by atomic mass is 16.4. The number of hydrogen-bond donors (Lipinski definition) is 1. The summed E-state index contributed by atoms with van der Waals surface area (Å²) in [5.41, 5.74) is 1.13. The number of amides is 1. The normalized spacial score (nSPS) is 25.6. The summed E-state index contributed by atoms with van der Waals surface area (Å²) in [4.78, 5) is 26.5. The number of nitrogens with zero attached hydrogens (tertiary/aromatic N) is 5. The number of carboxylic acid groups (broad SMARTS) is 1. The molecule has 0 spiro atoms. The van der Waals surface area contributed by atoms with Gasteiger partial charge >= 0.3 is 5.97 Å². The molecule has 1 N–H and O–H groups in total. The van der Waals surface area contributed by atoms with E-state index in [1.54, 1.807) is 29.2 Å². The summed E-state index contributed by atoms with van der Waals surface area (Å²) in [6.07, 6.45) is 6.05. The Balaban J connectivity index is 1.67. The number of rotatable bonds is 3. The van der Waals surface area contributed by atoms with Crippen molar-refractivity contribution in [1.82, 2.24) is 25.1 Å². The minimum Gasteiger partial charge on any atom is -0.480 e. The molecule has 0 unspecified atom stereocenters. The Hall–Kier alpha value is -2.77. The number of aliphatic carboxylic acids is 1. The van der Waals surface area contributed by atoms with Crippen molar-refractivity contribution in [1.29, 1.82) is 0 Å². The standard InChI is InChI=1S/C17H19N5O3/c23-16(12-5-3-6-13(8-12)21-10-18-19-20-21)22-14-7-2-1-4-11(14)9-15(22)17(24)25/h3,5-6,8,10-11,14-15H,1-2,4,7,9H2,(H,24,25)/t11-,14-,15+/m1/s1. The van der Waals surface area contributed by atoms with Gasteiger partial charge in [0.1, 0.15) is 12.4 Å². The van der Waals surface area contributed by atoms with Gasteiger partial charge in [0, 0.05) is 11.6 Å². The van der Waals surface area contributed by atoms with Crippen LogP contribution in [0.15, 0.2) is 30.6 Å². The predicted octanol–water partition coefficient (Wildman–Crippen LogP) is 1.52. The number of likely N-dealkylation sites (tertiary alicyclic amines) is 1. The van der Waals surface area contributed by atoms with E-state index in [0.717, 1.165) is 25.7 Å². The molecule has 8 heteroatoms. The van der Waals surface area contributed by atoms with Crippen molar-refractivity contribution in [3.05, 3.63) is 36.2 Å². The highest BCUT2D eigenvalue weighted by Crippen LogP contribution is 2.40. The van der Waals surface area contributed by atoms with Crippen molar-refractivity contribution < 1.29 is 14.7 Å². The van der Waals surface area contributed by atoms with Crippen molar-refractivity contribution in [3.63, 3.8) is 0 Å². The van der Waals surface area contributed by atoms with Crippen LogP contribution in [0.4, 0.5) is 0 Å². The largest absolute Gasteiger partial charge is 0.480 e. The van der Waals surface area contributed by atoms with Gasteiger partial charge in [-0.1, -0.05) is 18.9 Å². The van der Waals surface area contributed by atoms with E-state index < -0.39 is 12.0 Å². The molecule has 1 saturated heterocycles. The van der Waals surface area contributed by atoms with Crippen LogP contribution in [0.3, 0.4) is 0 Å². The van der Waals surface area contributed by atoms with Gasteiger partial charge in [-0.15, -0.1) is 5.10 Å². The number of benzene rings is 1. The monoisotopic (exact) mass is 341 g/mol. The molecule has 2 fully saturated rings. The lowest BCUT2D eigenvalue weighted by Crippen LogP contribution is -2.46. The second kappa shape index (κ2) is 6.27. The first-order valence-corrected chi connectivity index (χ1v) is 8.54. The number of carboxylic acids is 1. The van der Waals surface area contributed by atoms with E-state index in [9.17, 15) is 14.7 Å². The second-order valence-electron chi connectivity index (χ2n) is 6.72. The lowest BCUT2D eigenvalue weighted by molar-refractivity contribution is -0.141. The zero-order valence-corrected chi connectivity index (χ0v) is 13.7. The smallest absolute Gasteiger partial charge is 0.326 e. The lowest BCUT2D eigenvalue weighted by atomic mass is 9.84. The fourth-order valence-corrected chi connectivity index (χ4v) is 4.18. The first kappa shape index (κ1) is 15.7. The Morgan fingerprint density at radius 2 is 2.04 bits per heavy atom. The molecule has 3 atom stereocenters. The average molecular weight is 341 g/mol. The van der Waals surface area contributed by atoms with Crippen LogP contribution in [0.25, 0.3) is 5.69 Å². The van der Waals surface area contributed by atoms with Gasteiger partial charge in [-0.25, -0.2) is 9.48 Å². The van der Waals surface area contributed by atoms with Crippen LogP contribution >= 0.6 is 0 Å². The summed E-state index contributed by atoms with van der Waals surface area (Å²) in [5, 5.41) is 20.6. The van der Waals surface area contributed by atoms with E-state index in [1.165, 1.54) is 11.0 Å². The van der Waals surface area contributed by atoms with Crippen molar-refractivity contribution in [3.8, 4) is 5.69 Å². The topological polar surface area (TPSA) is 101 Å². The highest BCUT2D eigenvalue weighted by Gasteiger charge is 2.47. The number of tetrazole rings is 1. The number of carbonyl (C=O) groups excluding carboxylic acids is 1. The average Bonchev–Trinajstić information content (AvgIpc) is 3.29. The van der Waals surface area contributed by atoms with E-state index in [-0.39, 0.29) is 11.9 Å². The molecule has 0 radical (unpaired) electrons. The van der Waals surface area contributed by atoms with Crippen molar-refractivity contribution >= 4 is 11.9 Å². The van der Waals surface area contributed by atoms with Crippen LogP contribution < -0.4 is 0 Å². The molecule has 2 aliphatic rings. The van der Waals surface area contributed by atoms with Crippen LogP contribution in [-0.4, -0.2) is 54.2 Å². The van der Waals surface area contributed by atoms with E-state index in [4.69, 9.17) is 0 Å². The number of hydrogen-bond acceptors (Lipinski definition) is 5. The molecule has 130 valence electrons. The van der Waals surface area contributed by atoms with Gasteiger partial charge in [0.15, 0.2) is 0 Å². The first-order chi connectivity index (χ1) is 12.1. The summed E-state index contributed by atoms with van der Waals surface area (Å²) >= 11 is 0. The SMILES string of the molecule is O=C(O)[C@@H]1C[C@H]2CCCC[C@H]2N1C(=O)c1cccc(-n2cnnn2)c1. The maximum absolute atomic E-state index is 13.1.